The first-order valence-electron chi connectivity index (χ1n) is 5.80. The second-order valence-electron chi connectivity index (χ2n) is 4.24. The van der Waals surface area contributed by atoms with Crippen LogP contribution < -0.4 is 5.73 Å². The Morgan fingerprint density at radius 2 is 2.53 bits per heavy atom. The highest BCUT2D eigenvalue weighted by molar-refractivity contribution is 8.01. The van der Waals surface area contributed by atoms with Gasteiger partial charge in [0, 0.05) is 12.6 Å². The summed E-state index contributed by atoms with van der Waals surface area (Å²) in [6, 6.07) is 0.392. The Morgan fingerprint density at radius 3 is 3.18 bits per heavy atom. The van der Waals surface area contributed by atoms with E-state index < -0.39 is 0 Å². The molecule has 0 radical (unpaired) electrons. The summed E-state index contributed by atoms with van der Waals surface area (Å²) < 4.78 is 1.01. The van der Waals surface area contributed by atoms with Crippen LogP contribution in [0.15, 0.2) is 10.4 Å². The number of carbonyl (C=O) groups excluding carboxylic acids is 1. The van der Waals surface area contributed by atoms with Gasteiger partial charge in [-0.1, -0.05) is 11.3 Å². The molecule has 0 spiro atoms. The molecule has 1 aliphatic heterocycles. The number of aromatic nitrogens is 1. The smallest absolute Gasteiger partial charge is 0.233 e. The standard InChI is InChI=1S/C11H17N3OS2/c1-8-4-2-3-5-14(8)9(15)7-16-10-6-13-11(12)17-10/h6,8H,2-5,7H2,1H3,(H2,12,13). The Kier molecular flexibility index (Phi) is 4.28. The monoisotopic (exact) mass is 271 g/mol. The number of anilines is 1. The van der Waals surface area contributed by atoms with E-state index in [4.69, 9.17) is 5.73 Å². The fraction of sp³-hybridized carbons (Fsp3) is 0.636. The van der Waals surface area contributed by atoms with E-state index in [1.54, 1.807) is 6.20 Å². The molecule has 4 nitrogen and oxygen atoms in total. The van der Waals surface area contributed by atoms with Crippen LogP contribution >= 0.6 is 23.1 Å². The molecule has 1 saturated heterocycles. The SMILES string of the molecule is CC1CCCCN1C(=O)CSc1cnc(N)s1. The van der Waals surface area contributed by atoms with Crippen molar-refractivity contribution in [1.82, 2.24) is 9.88 Å². The van der Waals surface area contributed by atoms with Gasteiger partial charge in [0.25, 0.3) is 0 Å². The van der Waals surface area contributed by atoms with Gasteiger partial charge in [0.05, 0.1) is 16.2 Å². The van der Waals surface area contributed by atoms with Gasteiger partial charge in [-0.2, -0.15) is 0 Å². The van der Waals surface area contributed by atoms with E-state index in [0.29, 0.717) is 16.9 Å². The number of carbonyl (C=O) groups is 1. The van der Waals surface area contributed by atoms with Gasteiger partial charge in [0.2, 0.25) is 5.91 Å². The maximum Gasteiger partial charge on any atom is 0.233 e. The number of rotatable bonds is 3. The van der Waals surface area contributed by atoms with Crippen molar-refractivity contribution in [3.8, 4) is 0 Å². The van der Waals surface area contributed by atoms with E-state index in [9.17, 15) is 4.79 Å². The minimum atomic E-state index is 0.231. The first-order chi connectivity index (χ1) is 8.16. The fourth-order valence-electron chi connectivity index (χ4n) is 2.02. The Hall–Kier alpha value is -0.750. The first-order valence-corrected chi connectivity index (χ1v) is 7.60. The molecule has 1 aromatic rings. The van der Waals surface area contributed by atoms with Crippen molar-refractivity contribution in [1.29, 1.82) is 0 Å². The Morgan fingerprint density at radius 1 is 1.71 bits per heavy atom. The number of hydrogen-bond donors (Lipinski definition) is 1. The largest absolute Gasteiger partial charge is 0.375 e. The third-order valence-corrected chi connectivity index (χ3v) is 4.97. The summed E-state index contributed by atoms with van der Waals surface area (Å²) in [6.45, 7) is 3.04. The number of likely N-dealkylation sites (tertiary alicyclic amines) is 1. The van der Waals surface area contributed by atoms with Crippen molar-refractivity contribution < 1.29 is 4.79 Å². The number of thioether (sulfide) groups is 1. The summed E-state index contributed by atoms with van der Waals surface area (Å²) in [5.41, 5.74) is 5.55. The van der Waals surface area contributed by atoms with E-state index in [-0.39, 0.29) is 5.91 Å². The third-order valence-electron chi connectivity index (χ3n) is 2.96. The van der Waals surface area contributed by atoms with E-state index in [2.05, 4.69) is 11.9 Å². The summed E-state index contributed by atoms with van der Waals surface area (Å²) >= 11 is 2.97. The molecule has 17 heavy (non-hydrogen) atoms. The molecule has 2 N–H and O–H groups in total. The van der Waals surface area contributed by atoms with E-state index in [1.165, 1.54) is 29.5 Å². The fourth-order valence-corrected chi connectivity index (χ4v) is 3.67. The molecular formula is C11H17N3OS2. The number of nitrogen functional groups attached to an aromatic ring is 1. The van der Waals surface area contributed by atoms with E-state index in [1.807, 2.05) is 4.90 Å². The second kappa shape index (κ2) is 5.73. The molecule has 1 atom stereocenters. The molecule has 1 aliphatic rings. The number of nitrogens with two attached hydrogens (primary N) is 1. The zero-order chi connectivity index (χ0) is 12.3. The molecule has 94 valence electrons. The maximum absolute atomic E-state index is 12.0. The molecule has 2 heterocycles. The van der Waals surface area contributed by atoms with Crippen molar-refractivity contribution in [2.45, 2.75) is 36.4 Å². The van der Waals surface area contributed by atoms with Crippen molar-refractivity contribution in [2.24, 2.45) is 0 Å². The average molecular weight is 271 g/mol. The van der Waals surface area contributed by atoms with E-state index >= 15 is 0 Å². The molecule has 2 rings (SSSR count). The normalized spacial score (nSPS) is 20.5. The number of amides is 1. The van der Waals surface area contributed by atoms with Crippen molar-refractivity contribution in [2.75, 3.05) is 18.0 Å². The van der Waals surface area contributed by atoms with Gasteiger partial charge in [-0.05, 0) is 26.2 Å². The van der Waals surface area contributed by atoms with Crippen molar-refractivity contribution >= 4 is 34.1 Å². The zero-order valence-corrected chi connectivity index (χ0v) is 11.5. The highest BCUT2D eigenvalue weighted by Crippen LogP contribution is 2.27. The van der Waals surface area contributed by atoms with Crippen LogP contribution in [0.1, 0.15) is 26.2 Å². The molecule has 0 saturated carbocycles. The Bertz CT molecular complexity index is 394. The summed E-state index contributed by atoms with van der Waals surface area (Å²) in [7, 11) is 0. The summed E-state index contributed by atoms with van der Waals surface area (Å²) in [4.78, 5) is 18.0. The molecule has 1 aromatic heterocycles. The molecule has 1 amide bonds. The summed E-state index contributed by atoms with van der Waals surface area (Å²) in [5, 5.41) is 0.561. The lowest BCUT2D eigenvalue weighted by molar-refractivity contribution is -0.131. The lowest BCUT2D eigenvalue weighted by atomic mass is 10.0. The van der Waals surface area contributed by atoms with Crippen molar-refractivity contribution in [3.05, 3.63) is 6.20 Å². The van der Waals surface area contributed by atoms with Crippen LogP contribution in [-0.4, -0.2) is 34.1 Å². The lowest BCUT2D eigenvalue weighted by Crippen LogP contribution is -2.42. The van der Waals surface area contributed by atoms with Gasteiger partial charge >= 0.3 is 0 Å². The molecule has 1 fully saturated rings. The zero-order valence-electron chi connectivity index (χ0n) is 9.89. The van der Waals surface area contributed by atoms with Crippen LogP contribution in [0.4, 0.5) is 5.13 Å². The Labute approximate surface area is 110 Å². The minimum Gasteiger partial charge on any atom is -0.375 e. The van der Waals surface area contributed by atoms with Gasteiger partial charge in [0.1, 0.15) is 0 Å². The number of nitrogens with zero attached hydrogens (tertiary/aromatic N) is 2. The lowest BCUT2D eigenvalue weighted by Gasteiger charge is -2.33. The first kappa shape index (κ1) is 12.7. The highest BCUT2D eigenvalue weighted by Gasteiger charge is 2.22. The predicted molar refractivity (Wildman–Crippen MR) is 72.3 cm³/mol. The maximum atomic E-state index is 12.0. The molecule has 1 unspecified atom stereocenters. The van der Waals surface area contributed by atoms with Crippen LogP contribution in [0.25, 0.3) is 0 Å². The molecule has 0 bridgehead atoms. The average Bonchev–Trinajstić information content (AvgIpc) is 2.73. The van der Waals surface area contributed by atoms with Crippen LogP contribution in [0, 0.1) is 0 Å². The van der Waals surface area contributed by atoms with Crippen LogP contribution in [0.5, 0.6) is 0 Å². The van der Waals surface area contributed by atoms with Crippen LogP contribution in [0.2, 0.25) is 0 Å². The quantitative estimate of drug-likeness (QED) is 0.856. The molecule has 0 aromatic carbocycles. The third kappa shape index (κ3) is 3.35. The summed E-state index contributed by atoms with van der Waals surface area (Å²) in [5.74, 6) is 0.723. The summed E-state index contributed by atoms with van der Waals surface area (Å²) in [6.07, 6.45) is 5.24. The van der Waals surface area contributed by atoms with E-state index in [0.717, 1.165) is 23.6 Å². The van der Waals surface area contributed by atoms with Gasteiger partial charge in [-0.15, -0.1) is 11.8 Å². The van der Waals surface area contributed by atoms with Crippen LogP contribution in [0.3, 0.4) is 0 Å². The van der Waals surface area contributed by atoms with Crippen molar-refractivity contribution in [3.63, 3.8) is 0 Å². The van der Waals surface area contributed by atoms with Gasteiger partial charge in [-0.25, -0.2) is 4.98 Å². The minimum absolute atomic E-state index is 0.231. The second-order valence-corrected chi connectivity index (χ2v) is 6.58. The van der Waals surface area contributed by atoms with Gasteiger partial charge in [0.15, 0.2) is 5.13 Å². The number of hydrogen-bond acceptors (Lipinski definition) is 5. The van der Waals surface area contributed by atoms with Gasteiger partial charge < -0.3 is 10.6 Å². The molecule has 6 heteroatoms. The number of piperidine rings is 1. The topological polar surface area (TPSA) is 59.2 Å². The number of thiazole rings is 1. The molecule has 0 aliphatic carbocycles. The van der Waals surface area contributed by atoms with Crippen LogP contribution in [-0.2, 0) is 4.79 Å². The highest BCUT2D eigenvalue weighted by atomic mass is 32.2. The predicted octanol–water partition coefficient (Wildman–Crippen LogP) is 2.22. The Balaban J connectivity index is 1.84. The molecular weight excluding hydrogens is 254 g/mol. The van der Waals surface area contributed by atoms with Gasteiger partial charge in [-0.3, -0.25) is 4.79 Å².